The predicted octanol–water partition coefficient (Wildman–Crippen LogP) is 24.9. The van der Waals surface area contributed by atoms with E-state index >= 15 is 0 Å². The number of rotatable bonds is 81. The van der Waals surface area contributed by atoms with Crippen LogP contribution in [0.25, 0.3) is 0 Å². The molecule has 3 N–H and O–H groups in total. The topological polar surface area (TPSA) is 237 Å². The van der Waals surface area contributed by atoms with Crippen molar-refractivity contribution in [2.75, 3.05) is 39.6 Å². The van der Waals surface area contributed by atoms with Crippen LogP contribution in [0.3, 0.4) is 0 Å². The number of carbonyl (C=O) groups excluding carboxylic acids is 4. The van der Waals surface area contributed by atoms with Gasteiger partial charge < -0.3 is 33.8 Å². The third kappa shape index (κ3) is 73.6. The molecule has 0 saturated heterocycles. The number of ether oxygens (including phenoxy) is 4. The van der Waals surface area contributed by atoms with E-state index in [1.165, 1.54) is 244 Å². The van der Waals surface area contributed by atoms with E-state index in [-0.39, 0.29) is 25.7 Å². The van der Waals surface area contributed by atoms with Gasteiger partial charge in [-0.1, -0.05) is 382 Å². The van der Waals surface area contributed by atoms with Crippen molar-refractivity contribution >= 4 is 39.5 Å². The van der Waals surface area contributed by atoms with Gasteiger partial charge in [-0.05, 0) is 43.4 Å². The van der Waals surface area contributed by atoms with E-state index in [1.54, 1.807) is 0 Å². The molecule has 0 spiro atoms. The van der Waals surface area contributed by atoms with Gasteiger partial charge in [0.05, 0.1) is 26.4 Å². The van der Waals surface area contributed by atoms with E-state index in [4.69, 9.17) is 37.0 Å². The third-order valence-electron chi connectivity index (χ3n) is 20.1. The number of aliphatic hydroxyl groups is 1. The van der Waals surface area contributed by atoms with Crippen LogP contribution >= 0.6 is 15.6 Å². The lowest BCUT2D eigenvalue weighted by Gasteiger charge is -2.21. The second-order valence-electron chi connectivity index (χ2n) is 30.8. The monoisotopic (exact) mass is 1490 g/mol. The number of unbranched alkanes of at least 4 members (excludes halogenated alkanes) is 47. The third-order valence-corrected chi connectivity index (χ3v) is 22.0. The highest BCUT2D eigenvalue weighted by Crippen LogP contribution is 2.45. The van der Waals surface area contributed by atoms with Crippen molar-refractivity contribution < 1.29 is 80.2 Å². The van der Waals surface area contributed by atoms with E-state index < -0.39 is 97.5 Å². The van der Waals surface area contributed by atoms with E-state index in [2.05, 4.69) is 48.5 Å². The largest absolute Gasteiger partial charge is 0.472 e. The van der Waals surface area contributed by atoms with Crippen molar-refractivity contribution in [3.8, 4) is 0 Å². The maximum atomic E-state index is 13.1. The lowest BCUT2D eigenvalue weighted by Crippen LogP contribution is -2.30. The van der Waals surface area contributed by atoms with Crippen molar-refractivity contribution in [3.05, 3.63) is 0 Å². The molecule has 7 atom stereocenters. The summed E-state index contributed by atoms with van der Waals surface area (Å²) in [5.41, 5.74) is 0. The van der Waals surface area contributed by atoms with Gasteiger partial charge in [0.1, 0.15) is 19.3 Å². The Bertz CT molecular complexity index is 1980. The molecular weight excluding hydrogens is 1330 g/mol. The van der Waals surface area contributed by atoms with Crippen molar-refractivity contribution in [2.45, 2.75) is 452 Å². The quantitative estimate of drug-likeness (QED) is 0.0222. The van der Waals surface area contributed by atoms with Crippen molar-refractivity contribution in [1.29, 1.82) is 0 Å². The fourth-order valence-corrected chi connectivity index (χ4v) is 14.4. The second kappa shape index (κ2) is 73.2. The number of phosphoric acid groups is 2. The van der Waals surface area contributed by atoms with E-state index in [1.807, 2.05) is 0 Å². The van der Waals surface area contributed by atoms with Gasteiger partial charge in [0.25, 0.3) is 0 Å². The summed E-state index contributed by atoms with van der Waals surface area (Å²) < 4.78 is 68.8. The molecule has 4 unspecified atom stereocenters. The molecular formula is C83H162O17P2. The number of carbonyl (C=O) groups is 4. The molecule has 0 heterocycles. The molecule has 0 saturated carbocycles. The zero-order chi connectivity index (χ0) is 75.1. The Balaban J connectivity index is 5.27. The normalized spacial score (nSPS) is 14.5. The summed E-state index contributed by atoms with van der Waals surface area (Å²) in [7, 11) is -9.92. The molecule has 0 fully saturated rings. The summed E-state index contributed by atoms with van der Waals surface area (Å²) in [5, 5.41) is 10.7. The van der Waals surface area contributed by atoms with Crippen molar-refractivity contribution in [1.82, 2.24) is 0 Å². The smallest absolute Gasteiger partial charge is 0.462 e. The number of hydrogen-bond donors (Lipinski definition) is 3. The fourth-order valence-electron chi connectivity index (χ4n) is 12.8. The molecule has 0 aliphatic heterocycles. The molecule has 0 bridgehead atoms. The molecule has 19 heteroatoms. The van der Waals surface area contributed by atoms with Crippen LogP contribution in [0, 0.1) is 17.8 Å². The molecule has 0 aromatic carbocycles. The van der Waals surface area contributed by atoms with Gasteiger partial charge in [0, 0.05) is 25.7 Å². The summed E-state index contributed by atoms with van der Waals surface area (Å²) in [6.07, 6.45) is 62.2. The first-order valence-electron chi connectivity index (χ1n) is 42.9. The van der Waals surface area contributed by atoms with Gasteiger partial charge >= 0.3 is 39.5 Å². The molecule has 0 rings (SSSR count). The Kier molecular flexibility index (Phi) is 71.8. The van der Waals surface area contributed by atoms with E-state index in [9.17, 15) is 43.2 Å². The summed E-state index contributed by atoms with van der Waals surface area (Å²) >= 11 is 0. The van der Waals surface area contributed by atoms with Gasteiger partial charge in [-0.25, -0.2) is 9.13 Å². The minimum absolute atomic E-state index is 0.107. The second-order valence-corrected chi connectivity index (χ2v) is 33.7. The first-order valence-corrected chi connectivity index (χ1v) is 45.9. The standard InChI is InChI=1S/C83H162O17P2/c1-8-11-12-13-14-15-16-29-36-43-50-57-64-80(85)93-70-79(100-83(88)67-60-53-46-39-32-25-26-33-40-47-54-61-74(4)5)73-98-102(91,92)96-69-77(84)68-95-101(89,90)97-72-78(99-82(87)66-59-52-45-38-31-24-20-18-22-28-35-42-49-56-63-76(7)10-3)71-94-81(86)65-58-51-44-37-30-23-19-17-21-27-34-41-48-55-62-75(6)9-2/h74-79,84H,8-73H2,1-7H3,(H,89,90)(H,91,92)/t75?,76?,77-,78-,79-/m1/s1. The fraction of sp³-hybridized carbons (Fsp3) is 0.952. The minimum Gasteiger partial charge on any atom is -0.462 e. The summed E-state index contributed by atoms with van der Waals surface area (Å²) in [6, 6.07) is 0. The van der Waals surface area contributed by atoms with E-state index in [0.29, 0.717) is 25.7 Å². The van der Waals surface area contributed by atoms with Gasteiger partial charge in [0.15, 0.2) is 12.2 Å². The van der Waals surface area contributed by atoms with Crippen LogP contribution in [0.4, 0.5) is 0 Å². The Morgan fingerprint density at radius 3 is 0.745 bits per heavy atom. The molecule has 606 valence electrons. The Morgan fingerprint density at radius 1 is 0.284 bits per heavy atom. The first kappa shape index (κ1) is 100. The van der Waals surface area contributed by atoms with Crippen LogP contribution in [0.1, 0.15) is 434 Å². The molecule has 0 aliphatic carbocycles. The molecule has 0 aromatic rings. The maximum Gasteiger partial charge on any atom is 0.472 e. The van der Waals surface area contributed by atoms with Gasteiger partial charge in [0.2, 0.25) is 0 Å². The average Bonchev–Trinajstić information content (AvgIpc) is 0.918. The molecule has 0 amide bonds. The number of aliphatic hydroxyl groups excluding tert-OH is 1. The van der Waals surface area contributed by atoms with Gasteiger partial charge in [-0.15, -0.1) is 0 Å². The minimum atomic E-state index is -4.96. The van der Waals surface area contributed by atoms with Crippen LogP contribution in [0.15, 0.2) is 0 Å². The van der Waals surface area contributed by atoms with Crippen molar-refractivity contribution in [3.63, 3.8) is 0 Å². The Labute approximate surface area is 626 Å². The van der Waals surface area contributed by atoms with Crippen LogP contribution in [-0.2, 0) is 65.4 Å². The summed E-state index contributed by atoms with van der Waals surface area (Å²) in [6.45, 7) is 12.1. The lowest BCUT2D eigenvalue weighted by atomic mass is 9.99. The highest BCUT2D eigenvalue weighted by atomic mass is 31.2. The highest BCUT2D eigenvalue weighted by molar-refractivity contribution is 7.47. The van der Waals surface area contributed by atoms with Crippen LogP contribution in [0.2, 0.25) is 0 Å². The van der Waals surface area contributed by atoms with Crippen LogP contribution in [0.5, 0.6) is 0 Å². The van der Waals surface area contributed by atoms with Gasteiger partial charge in [-0.2, -0.15) is 0 Å². The van der Waals surface area contributed by atoms with E-state index in [0.717, 1.165) is 108 Å². The molecule has 102 heavy (non-hydrogen) atoms. The highest BCUT2D eigenvalue weighted by Gasteiger charge is 2.30. The first-order chi connectivity index (χ1) is 49.3. The number of phosphoric ester groups is 2. The molecule has 17 nitrogen and oxygen atoms in total. The lowest BCUT2D eigenvalue weighted by molar-refractivity contribution is -0.161. The predicted molar refractivity (Wildman–Crippen MR) is 418 cm³/mol. The van der Waals surface area contributed by atoms with Crippen molar-refractivity contribution in [2.24, 2.45) is 17.8 Å². The number of esters is 4. The molecule has 0 aromatic heterocycles. The number of hydrogen-bond acceptors (Lipinski definition) is 15. The summed E-state index contributed by atoms with van der Waals surface area (Å²) in [4.78, 5) is 73.1. The Hall–Kier alpha value is -1.94. The zero-order valence-corrected chi connectivity index (χ0v) is 68.9. The Morgan fingerprint density at radius 2 is 0.500 bits per heavy atom. The molecule has 0 radical (unpaired) electrons. The zero-order valence-electron chi connectivity index (χ0n) is 67.1. The average molecular weight is 1490 g/mol. The molecule has 0 aliphatic rings. The van der Waals surface area contributed by atoms with Gasteiger partial charge in [-0.3, -0.25) is 37.3 Å². The summed E-state index contributed by atoms with van der Waals surface area (Å²) in [5.74, 6) is 0.355. The SMILES string of the molecule is CCCCCCCCCCCCCCC(=O)OC[C@H](COP(=O)(O)OC[C@H](O)COP(=O)(O)OC[C@@H](COC(=O)CCCCCCCCCCCCCCCCC(C)CC)OC(=O)CCCCCCCCCCCCCCCCC(C)CC)OC(=O)CCCCCCCCCCCCCC(C)C. The van der Waals surface area contributed by atoms with Crippen LogP contribution in [-0.4, -0.2) is 96.7 Å². The maximum absolute atomic E-state index is 13.1. The van der Waals surface area contributed by atoms with Crippen LogP contribution < -0.4 is 0 Å².